The van der Waals surface area contributed by atoms with E-state index in [1.807, 2.05) is 0 Å². The number of hydrogen-bond acceptors (Lipinski definition) is 23. The third-order valence-electron chi connectivity index (χ3n) is 10.3. The van der Waals surface area contributed by atoms with Crippen LogP contribution in [-0.2, 0) is 23.7 Å². The smallest absolute Gasteiger partial charge is 0.347 e. The monoisotopic (exact) mass is 1160 g/mol. The number of hydrogen-bond donors (Lipinski definition) is 11. The van der Waals surface area contributed by atoms with Gasteiger partial charge in [0.25, 0.3) is 0 Å². The Morgan fingerprint density at radius 1 is 0.220 bits per heavy atom. The van der Waals surface area contributed by atoms with Crippen LogP contribution < -0.4 is 0 Å². The Kier molecular flexibility index (Phi) is 20.0. The zero-order valence-electron chi connectivity index (χ0n) is 42.2. The summed E-state index contributed by atoms with van der Waals surface area (Å²) in [5.41, 5.74) is -40.3. The fourth-order valence-corrected chi connectivity index (χ4v) is 7.35. The second-order valence-corrected chi connectivity index (χ2v) is 17.4. The van der Waals surface area contributed by atoms with Gasteiger partial charge in [-0.15, -0.1) is 0 Å². The molecule has 0 bridgehead atoms. The van der Waals surface area contributed by atoms with Crippen molar-refractivity contribution >= 4 is 107 Å². The molecule has 3 aromatic carbocycles. The van der Waals surface area contributed by atoms with Gasteiger partial charge in [-0.1, -0.05) is 41.5 Å². The van der Waals surface area contributed by atoms with Gasteiger partial charge >= 0.3 is 107 Å². The number of esters is 7. The molecule has 3 rings (SSSR count). The molecular weight excluding hydrogens is 1120 g/mol. The zero-order valence-corrected chi connectivity index (χ0v) is 42.2. The van der Waals surface area contributed by atoms with E-state index < -0.39 is 245 Å². The third-order valence-corrected chi connectivity index (χ3v) is 10.3. The highest BCUT2D eigenvalue weighted by atomic mass is 16.6. The molecule has 0 unspecified atom stereocenters. The second-order valence-electron chi connectivity index (χ2n) is 17.4. The molecule has 0 fully saturated rings. The molecule has 3 aromatic rings. The molecule has 0 radical (unpaired) electrons. The van der Waals surface area contributed by atoms with E-state index in [9.17, 15) is 142 Å². The van der Waals surface area contributed by atoms with Crippen molar-refractivity contribution in [3.63, 3.8) is 0 Å². The van der Waals surface area contributed by atoms with E-state index in [2.05, 4.69) is 9.47 Å². The Bertz CT molecular complexity index is 3370. The molecular formula is C48H38O34. The van der Waals surface area contributed by atoms with Gasteiger partial charge in [0.15, 0.2) is 0 Å². The Hall–Kier alpha value is -11.5. The Balaban J connectivity index is 2.97. The average Bonchev–Trinajstić information content (AvgIpc) is 3.43. The maximum Gasteiger partial charge on any atom is 0.347 e. The normalized spacial score (nSPS) is 10.7. The van der Waals surface area contributed by atoms with E-state index in [1.54, 1.807) is 0 Å². The summed E-state index contributed by atoms with van der Waals surface area (Å²) in [6.07, 6.45) is 0. The summed E-state index contributed by atoms with van der Waals surface area (Å²) in [6, 6.07) is 0. The molecule has 0 atom stereocenters. The van der Waals surface area contributed by atoms with Crippen molar-refractivity contribution in [2.24, 2.45) is 17.8 Å². The molecule has 0 aliphatic rings. The average molecular weight is 1160 g/mol. The van der Waals surface area contributed by atoms with Crippen molar-refractivity contribution in [3.05, 3.63) is 100 Å². The van der Waals surface area contributed by atoms with Gasteiger partial charge in [0.05, 0.1) is 120 Å². The van der Waals surface area contributed by atoms with E-state index in [-0.39, 0.29) is 0 Å². The maximum absolute atomic E-state index is 14.9. The molecule has 0 amide bonds. The molecule has 0 spiro atoms. The fourth-order valence-electron chi connectivity index (χ4n) is 7.35. The highest BCUT2D eigenvalue weighted by molar-refractivity contribution is 6.29. The zero-order chi connectivity index (χ0) is 63.2. The fraction of sp³-hybridized carbons (Fsp3) is 0.250. The van der Waals surface area contributed by atoms with E-state index in [1.165, 1.54) is 41.5 Å². The minimum Gasteiger partial charge on any atom is -0.478 e. The van der Waals surface area contributed by atoms with Crippen molar-refractivity contribution in [1.82, 2.24) is 0 Å². The number of carboxylic acids is 11. The van der Waals surface area contributed by atoms with Crippen LogP contribution in [0.5, 0.6) is 0 Å². The van der Waals surface area contributed by atoms with Crippen molar-refractivity contribution in [2.45, 2.75) is 41.5 Å². The molecule has 0 aliphatic heterocycles. The number of rotatable bonds is 24. The van der Waals surface area contributed by atoms with Crippen LogP contribution in [-0.4, -0.2) is 183 Å². The van der Waals surface area contributed by atoms with Crippen LogP contribution in [0.4, 0.5) is 0 Å². The first-order valence-electron chi connectivity index (χ1n) is 22.1. The van der Waals surface area contributed by atoms with Crippen molar-refractivity contribution in [1.29, 1.82) is 0 Å². The first-order valence-corrected chi connectivity index (χ1v) is 22.1. The lowest BCUT2D eigenvalue weighted by molar-refractivity contribution is 0.0333. The van der Waals surface area contributed by atoms with Crippen LogP contribution in [0.15, 0.2) is 0 Å². The Morgan fingerprint density at radius 3 is 0.488 bits per heavy atom. The molecule has 434 valence electrons. The second kappa shape index (κ2) is 25.3. The first kappa shape index (κ1) is 64.8. The summed E-state index contributed by atoms with van der Waals surface area (Å²) < 4.78 is 24.5. The predicted molar refractivity (Wildman–Crippen MR) is 251 cm³/mol. The van der Waals surface area contributed by atoms with Crippen LogP contribution in [0.3, 0.4) is 0 Å². The SMILES string of the molecule is CC(C)COC(=O)c1c(C(=O)O)c(C(=O)OC(=O)c2c(C(=O)O)c(C(=O)O)c(C(=O)O)c(C(=O)O)c2C(=O)O)c(C(=O)OC(=O)c2c(C(=O)O)c(C(=O)O)c(C(=O)O)c(C(=O)O)c2C(=O)O)c(C(=O)OCC(C)C)c1C(=O)OCC(C)C. The van der Waals surface area contributed by atoms with Gasteiger partial charge in [0.2, 0.25) is 0 Å². The van der Waals surface area contributed by atoms with Gasteiger partial charge in [-0.05, 0) is 17.8 Å². The number of aromatic carboxylic acids is 11. The summed E-state index contributed by atoms with van der Waals surface area (Å²) >= 11 is 0. The molecule has 0 aromatic heterocycles. The van der Waals surface area contributed by atoms with Gasteiger partial charge in [0, 0.05) is 0 Å². The van der Waals surface area contributed by atoms with Crippen LogP contribution in [0, 0.1) is 17.8 Å². The summed E-state index contributed by atoms with van der Waals surface area (Å²) in [7, 11) is 0. The summed E-state index contributed by atoms with van der Waals surface area (Å²) in [6.45, 7) is 5.48. The number of carboxylic acid groups (broad SMARTS) is 11. The van der Waals surface area contributed by atoms with Gasteiger partial charge in [-0.25, -0.2) is 86.3 Å². The lowest BCUT2D eigenvalue weighted by Crippen LogP contribution is -2.34. The first-order chi connectivity index (χ1) is 37.8. The van der Waals surface area contributed by atoms with Crippen LogP contribution in [0.1, 0.15) is 228 Å². The standard InChI is InChI=1S/C48H38O34/c1-10(2)7-78-42(71)26-23(41(69)70)27(47(76)81-45(74)24-19(37(61)62)15(33(53)54)13(31(49)50)16(34(55)56)20(24)38(63)64)30(29(44(73)80-9-12(5)6)28(26)43(72)79-8-11(3)4)48(77)82-46(75)25-21(39(65)66)17(35(57)58)14(32(51)52)18(36(59)60)22(25)40(67)68/h10-12H,7-9H2,1-6H3,(H,49,50)(H,51,52)(H,53,54)(H,55,56)(H,57,58)(H,59,60)(H,61,62)(H,63,64)(H,65,66)(H,67,68)(H,69,70). The molecule has 0 saturated carbocycles. The number of benzene rings is 3. The number of ether oxygens (including phenoxy) is 5. The lowest BCUT2D eigenvalue weighted by atomic mass is 9.85. The van der Waals surface area contributed by atoms with E-state index in [0.29, 0.717) is 0 Å². The predicted octanol–water partition coefficient (Wildman–Crippen LogP) is 2.80. The Labute approximate surface area is 452 Å². The summed E-state index contributed by atoms with van der Waals surface area (Å²) in [5.74, 6) is -51.4. The molecule has 0 heterocycles. The molecule has 82 heavy (non-hydrogen) atoms. The number of carbonyl (C=O) groups is 18. The molecule has 0 saturated heterocycles. The third kappa shape index (κ3) is 12.9. The summed E-state index contributed by atoms with van der Waals surface area (Å²) in [5, 5.41) is 111. The lowest BCUT2D eigenvalue weighted by Gasteiger charge is -2.22. The highest BCUT2D eigenvalue weighted by Crippen LogP contribution is 2.37. The van der Waals surface area contributed by atoms with E-state index >= 15 is 0 Å². The van der Waals surface area contributed by atoms with E-state index in [4.69, 9.17) is 14.2 Å². The van der Waals surface area contributed by atoms with Gasteiger partial charge in [-0.3, -0.25) is 0 Å². The minimum absolute atomic E-state index is 0.761. The van der Waals surface area contributed by atoms with Crippen LogP contribution in [0.25, 0.3) is 0 Å². The maximum atomic E-state index is 14.9. The largest absolute Gasteiger partial charge is 0.478 e. The molecule has 34 heteroatoms. The van der Waals surface area contributed by atoms with Gasteiger partial charge in [-0.2, -0.15) is 0 Å². The van der Waals surface area contributed by atoms with Crippen molar-refractivity contribution in [3.8, 4) is 0 Å². The minimum atomic E-state index is -3.02. The van der Waals surface area contributed by atoms with Crippen molar-refractivity contribution < 1.29 is 166 Å². The molecule has 0 aliphatic carbocycles. The van der Waals surface area contributed by atoms with Crippen molar-refractivity contribution in [2.75, 3.05) is 19.8 Å². The topological polar surface area (TPSA) is 576 Å². The highest BCUT2D eigenvalue weighted by Gasteiger charge is 2.48. The Morgan fingerprint density at radius 2 is 0.329 bits per heavy atom. The summed E-state index contributed by atoms with van der Waals surface area (Å²) in [4.78, 5) is 241. The number of carbonyl (C=O) groups excluding carboxylic acids is 7. The van der Waals surface area contributed by atoms with E-state index in [0.717, 1.165) is 0 Å². The molecule has 34 nitrogen and oxygen atoms in total. The quantitative estimate of drug-likeness (QED) is 0.0349. The van der Waals surface area contributed by atoms with Crippen LogP contribution >= 0.6 is 0 Å². The van der Waals surface area contributed by atoms with Gasteiger partial charge in [0.1, 0.15) is 0 Å². The molecule has 11 N–H and O–H groups in total. The van der Waals surface area contributed by atoms with Gasteiger partial charge < -0.3 is 79.9 Å². The van der Waals surface area contributed by atoms with Crippen LogP contribution in [0.2, 0.25) is 0 Å².